The predicted octanol–water partition coefficient (Wildman–Crippen LogP) is 2.74. The molecule has 7 heteroatoms. The summed E-state index contributed by atoms with van der Waals surface area (Å²) >= 11 is 0. The van der Waals surface area contributed by atoms with Gasteiger partial charge in [-0.15, -0.1) is 5.06 Å². The normalized spacial score (nSPS) is 16.8. The van der Waals surface area contributed by atoms with E-state index >= 15 is 0 Å². The zero-order valence-corrected chi connectivity index (χ0v) is 14.9. The maximum absolute atomic E-state index is 12.0. The van der Waals surface area contributed by atoms with Crippen LogP contribution in [0.1, 0.15) is 56.8 Å². The molecular formula is C18H24N4O3. The molecule has 1 fully saturated rings. The lowest BCUT2D eigenvalue weighted by Gasteiger charge is -2.30. The monoisotopic (exact) mass is 344 g/mol. The molecule has 1 aliphatic rings. The molecule has 0 aromatic carbocycles. The fourth-order valence-corrected chi connectivity index (χ4v) is 2.64. The zero-order valence-electron chi connectivity index (χ0n) is 14.9. The molecule has 0 amide bonds. The number of hydrogen-bond donors (Lipinski definition) is 0. The van der Waals surface area contributed by atoms with Gasteiger partial charge in [0.25, 0.3) is 0 Å². The number of carbonyl (C=O) groups excluding carboxylic acids is 1. The van der Waals surface area contributed by atoms with Crippen LogP contribution in [0, 0.1) is 5.41 Å². The van der Waals surface area contributed by atoms with Crippen molar-refractivity contribution < 1.29 is 14.2 Å². The van der Waals surface area contributed by atoms with Gasteiger partial charge in [-0.2, -0.15) is 4.98 Å². The average Bonchev–Trinajstić information content (AvgIpc) is 3.04. The Kier molecular flexibility index (Phi) is 5.13. The van der Waals surface area contributed by atoms with Gasteiger partial charge in [-0.1, -0.05) is 11.2 Å². The largest absolute Gasteiger partial charge is 0.367 e. The van der Waals surface area contributed by atoms with Crippen LogP contribution in [0.3, 0.4) is 0 Å². The van der Waals surface area contributed by atoms with E-state index in [9.17, 15) is 4.79 Å². The highest BCUT2D eigenvalue weighted by Gasteiger charge is 2.30. The summed E-state index contributed by atoms with van der Waals surface area (Å²) in [5.74, 6) is 1.34. The molecule has 7 nitrogen and oxygen atoms in total. The molecule has 134 valence electrons. The Balaban J connectivity index is 1.52. The van der Waals surface area contributed by atoms with Crippen molar-refractivity contribution in [3.63, 3.8) is 0 Å². The molecule has 2 aromatic heterocycles. The SMILES string of the molecule is CC(C)(C)C(=O)ON1CCC(c2nc(Cc3cccnc3)no2)CC1. The summed E-state index contributed by atoms with van der Waals surface area (Å²) in [6.07, 6.45) is 5.81. The Morgan fingerprint density at radius 3 is 2.76 bits per heavy atom. The van der Waals surface area contributed by atoms with E-state index in [0.29, 0.717) is 31.2 Å². The van der Waals surface area contributed by atoms with E-state index in [1.165, 1.54) is 0 Å². The molecule has 3 rings (SSSR count). The molecule has 0 saturated carbocycles. The predicted molar refractivity (Wildman–Crippen MR) is 90.4 cm³/mol. The molecular weight excluding hydrogens is 320 g/mol. The standard InChI is InChI=1S/C18H24N4O3/c1-18(2,3)17(23)25-22-9-6-14(7-10-22)16-20-15(21-24-16)11-13-5-4-8-19-12-13/h4-5,8,12,14H,6-7,9-11H2,1-3H3. The van der Waals surface area contributed by atoms with E-state index in [-0.39, 0.29) is 11.9 Å². The van der Waals surface area contributed by atoms with Crippen molar-refractivity contribution >= 4 is 5.97 Å². The van der Waals surface area contributed by atoms with Crippen LogP contribution in [-0.2, 0) is 16.1 Å². The fourth-order valence-electron chi connectivity index (χ4n) is 2.64. The lowest BCUT2D eigenvalue weighted by molar-refractivity contribution is -0.204. The summed E-state index contributed by atoms with van der Waals surface area (Å²) < 4.78 is 5.44. The fraction of sp³-hybridized carbons (Fsp3) is 0.556. The molecule has 0 aliphatic carbocycles. The van der Waals surface area contributed by atoms with Crippen LogP contribution in [0.25, 0.3) is 0 Å². The smallest absolute Gasteiger partial charge is 0.330 e. The highest BCUT2D eigenvalue weighted by atomic mass is 16.7. The van der Waals surface area contributed by atoms with Crippen LogP contribution in [0.15, 0.2) is 29.0 Å². The molecule has 0 unspecified atom stereocenters. The first-order chi connectivity index (χ1) is 11.9. The molecule has 0 bridgehead atoms. The van der Waals surface area contributed by atoms with E-state index in [1.54, 1.807) is 17.5 Å². The van der Waals surface area contributed by atoms with Gasteiger partial charge in [0.15, 0.2) is 5.82 Å². The van der Waals surface area contributed by atoms with E-state index in [2.05, 4.69) is 15.1 Å². The van der Waals surface area contributed by atoms with Crippen molar-refractivity contribution in [1.82, 2.24) is 20.2 Å². The van der Waals surface area contributed by atoms with Crippen molar-refractivity contribution in [3.05, 3.63) is 41.8 Å². The maximum Gasteiger partial charge on any atom is 0.330 e. The Bertz CT molecular complexity index is 701. The van der Waals surface area contributed by atoms with Gasteiger partial charge in [-0.25, -0.2) is 4.79 Å². The number of piperidine rings is 1. The quantitative estimate of drug-likeness (QED) is 0.843. The van der Waals surface area contributed by atoms with Gasteiger partial charge < -0.3 is 9.36 Å². The number of aromatic nitrogens is 3. The molecule has 0 atom stereocenters. The second kappa shape index (κ2) is 7.31. The first kappa shape index (κ1) is 17.5. The lowest BCUT2D eigenvalue weighted by atomic mass is 9.97. The van der Waals surface area contributed by atoms with E-state index in [1.807, 2.05) is 32.9 Å². The maximum atomic E-state index is 12.0. The number of nitrogens with zero attached hydrogens (tertiary/aromatic N) is 4. The van der Waals surface area contributed by atoms with Crippen LogP contribution in [-0.4, -0.2) is 39.2 Å². The second-order valence-corrected chi connectivity index (χ2v) is 7.42. The second-order valence-electron chi connectivity index (χ2n) is 7.42. The van der Waals surface area contributed by atoms with E-state index in [4.69, 9.17) is 9.36 Å². The number of rotatable bonds is 4. The molecule has 2 aromatic rings. The Morgan fingerprint density at radius 1 is 1.36 bits per heavy atom. The van der Waals surface area contributed by atoms with Gasteiger partial charge in [0.2, 0.25) is 5.89 Å². The minimum absolute atomic E-state index is 0.206. The zero-order chi connectivity index (χ0) is 17.9. The highest BCUT2D eigenvalue weighted by molar-refractivity contribution is 5.75. The number of hydrogen-bond acceptors (Lipinski definition) is 7. The summed E-state index contributed by atoms with van der Waals surface area (Å²) in [4.78, 5) is 26.0. The van der Waals surface area contributed by atoms with Crippen LogP contribution >= 0.6 is 0 Å². The third kappa shape index (κ3) is 4.63. The lowest BCUT2D eigenvalue weighted by Crippen LogP contribution is -2.38. The number of carbonyl (C=O) groups is 1. The summed E-state index contributed by atoms with van der Waals surface area (Å²) in [7, 11) is 0. The molecule has 3 heterocycles. The third-order valence-corrected chi connectivity index (χ3v) is 4.20. The van der Waals surface area contributed by atoms with Crippen molar-refractivity contribution in [2.75, 3.05) is 13.1 Å². The van der Waals surface area contributed by atoms with Gasteiger partial charge in [0, 0.05) is 37.8 Å². The molecule has 1 aliphatic heterocycles. The van der Waals surface area contributed by atoms with Crippen LogP contribution in [0.5, 0.6) is 0 Å². The van der Waals surface area contributed by atoms with Crippen molar-refractivity contribution in [2.45, 2.75) is 46.0 Å². The van der Waals surface area contributed by atoms with Crippen molar-refractivity contribution in [2.24, 2.45) is 5.41 Å². The summed E-state index contributed by atoms with van der Waals surface area (Å²) in [6.45, 7) is 6.90. The topological polar surface area (TPSA) is 81.4 Å². The van der Waals surface area contributed by atoms with E-state index < -0.39 is 5.41 Å². The van der Waals surface area contributed by atoms with Gasteiger partial charge in [-0.05, 0) is 45.2 Å². The van der Waals surface area contributed by atoms with E-state index in [0.717, 1.165) is 18.4 Å². The van der Waals surface area contributed by atoms with Gasteiger partial charge in [-0.3, -0.25) is 4.98 Å². The van der Waals surface area contributed by atoms with Crippen LogP contribution in [0.4, 0.5) is 0 Å². The average molecular weight is 344 g/mol. The number of pyridine rings is 1. The van der Waals surface area contributed by atoms with Gasteiger partial charge >= 0.3 is 5.97 Å². The Hall–Kier alpha value is -2.28. The summed E-state index contributed by atoms with van der Waals surface area (Å²) in [6, 6.07) is 3.88. The Morgan fingerprint density at radius 2 is 2.12 bits per heavy atom. The summed E-state index contributed by atoms with van der Waals surface area (Å²) in [5.41, 5.74) is 0.559. The summed E-state index contributed by atoms with van der Waals surface area (Å²) in [5, 5.41) is 5.81. The van der Waals surface area contributed by atoms with Crippen LogP contribution in [0.2, 0.25) is 0 Å². The minimum atomic E-state index is -0.496. The van der Waals surface area contributed by atoms with Crippen LogP contribution < -0.4 is 0 Å². The van der Waals surface area contributed by atoms with Gasteiger partial charge in [0.05, 0.1) is 5.41 Å². The molecule has 0 radical (unpaired) electrons. The Labute approximate surface area is 147 Å². The van der Waals surface area contributed by atoms with Gasteiger partial charge in [0.1, 0.15) is 0 Å². The molecule has 1 saturated heterocycles. The third-order valence-electron chi connectivity index (χ3n) is 4.20. The first-order valence-corrected chi connectivity index (χ1v) is 8.60. The van der Waals surface area contributed by atoms with Crippen molar-refractivity contribution in [1.29, 1.82) is 0 Å². The number of hydroxylamine groups is 2. The first-order valence-electron chi connectivity index (χ1n) is 8.60. The molecule has 0 spiro atoms. The van der Waals surface area contributed by atoms with Crippen molar-refractivity contribution in [3.8, 4) is 0 Å². The molecule has 0 N–H and O–H groups in total. The highest BCUT2D eigenvalue weighted by Crippen LogP contribution is 2.28. The molecule has 25 heavy (non-hydrogen) atoms. The minimum Gasteiger partial charge on any atom is -0.367 e.